The molecule has 0 saturated carbocycles. The highest BCUT2D eigenvalue weighted by Crippen LogP contribution is 2.23. The lowest BCUT2D eigenvalue weighted by Gasteiger charge is -2.40. The van der Waals surface area contributed by atoms with Gasteiger partial charge in [0.1, 0.15) is 36.6 Å². The van der Waals surface area contributed by atoms with Crippen molar-refractivity contribution in [2.45, 2.75) is 229 Å². The average Bonchev–Trinajstić information content (AvgIpc) is 3.22. The van der Waals surface area contributed by atoms with Gasteiger partial charge in [-0.25, -0.2) is 0 Å². The van der Waals surface area contributed by atoms with Crippen molar-refractivity contribution >= 4 is 5.91 Å². The molecule has 0 aromatic carbocycles. The van der Waals surface area contributed by atoms with Crippen molar-refractivity contribution in [2.24, 2.45) is 0 Å². The number of hydrogen-bond acceptors (Lipinski definition) is 10. The van der Waals surface area contributed by atoms with Crippen molar-refractivity contribution in [2.75, 3.05) is 13.2 Å². The van der Waals surface area contributed by atoms with Crippen LogP contribution in [0.15, 0.2) is 48.6 Å². The third-order valence-corrected chi connectivity index (χ3v) is 10.8. The number of unbranched alkanes of at least 4 members (excludes halogenated alkanes) is 17. The summed E-state index contributed by atoms with van der Waals surface area (Å²) in [5, 5.41) is 75.4. The maximum Gasteiger partial charge on any atom is 0.249 e. The zero-order valence-electron chi connectivity index (χ0n) is 36.3. The molecule has 1 heterocycles. The molecule has 0 aromatic heterocycles. The molecule has 11 nitrogen and oxygen atoms in total. The summed E-state index contributed by atoms with van der Waals surface area (Å²) in [6, 6.07) is -1.20. The molecule has 0 aromatic rings. The number of amides is 1. The Morgan fingerprint density at radius 1 is 0.586 bits per heavy atom. The van der Waals surface area contributed by atoms with Gasteiger partial charge in [-0.15, -0.1) is 0 Å². The monoisotopic (exact) mass is 824 g/mol. The Kier molecular flexibility index (Phi) is 34.4. The Morgan fingerprint density at radius 2 is 1.05 bits per heavy atom. The van der Waals surface area contributed by atoms with Crippen LogP contribution in [0.5, 0.6) is 0 Å². The second-order valence-corrected chi connectivity index (χ2v) is 16.1. The smallest absolute Gasteiger partial charge is 0.249 e. The molecule has 0 radical (unpaired) electrons. The number of carbonyl (C=O) groups excluding carboxylic acids is 1. The van der Waals surface area contributed by atoms with E-state index in [9.17, 15) is 40.5 Å². The average molecular weight is 824 g/mol. The van der Waals surface area contributed by atoms with Gasteiger partial charge in [0.15, 0.2) is 6.29 Å². The SMILES string of the molecule is CCCC/C=C\CCCCCC(O)C(=O)NC(COC1OC(CO)C(O)C(O)C1O)C(O)C(O)CCC/C=C/CC/C=C/CC/C=C/CCCCCCCCCCC. The van der Waals surface area contributed by atoms with Crippen molar-refractivity contribution in [3.63, 3.8) is 0 Å². The Morgan fingerprint density at radius 3 is 1.59 bits per heavy atom. The summed E-state index contributed by atoms with van der Waals surface area (Å²) >= 11 is 0. The maximum atomic E-state index is 13.0. The van der Waals surface area contributed by atoms with E-state index in [0.717, 1.165) is 57.8 Å². The van der Waals surface area contributed by atoms with Crippen LogP contribution >= 0.6 is 0 Å². The number of allylic oxidation sites excluding steroid dienone is 8. The fourth-order valence-corrected chi connectivity index (χ4v) is 6.92. The van der Waals surface area contributed by atoms with Crippen molar-refractivity contribution in [3.05, 3.63) is 48.6 Å². The molecule has 1 aliphatic rings. The summed E-state index contributed by atoms with van der Waals surface area (Å²) in [4.78, 5) is 13.0. The van der Waals surface area contributed by atoms with Crippen molar-refractivity contribution in [1.29, 1.82) is 0 Å². The van der Waals surface area contributed by atoms with E-state index in [4.69, 9.17) is 9.47 Å². The topological polar surface area (TPSA) is 189 Å². The molecule has 1 fully saturated rings. The number of nitrogens with one attached hydrogen (secondary N) is 1. The van der Waals surface area contributed by atoms with E-state index in [2.05, 4.69) is 67.8 Å². The highest BCUT2D eigenvalue weighted by molar-refractivity contribution is 5.80. The van der Waals surface area contributed by atoms with Gasteiger partial charge in [0.25, 0.3) is 0 Å². The van der Waals surface area contributed by atoms with Crippen molar-refractivity contribution in [3.8, 4) is 0 Å². The second kappa shape index (κ2) is 36.9. The van der Waals surface area contributed by atoms with E-state index in [1.807, 2.05) is 0 Å². The first-order valence-corrected chi connectivity index (χ1v) is 23.0. The standard InChI is InChI=1S/C47H85NO10/c1-3-5-7-9-11-13-14-15-16-17-18-19-20-21-22-23-24-25-27-28-30-32-34-39(50)42(52)38(37-57-47-45(55)44(54)43(53)41(36-49)58-47)48-46(56)40(51)35-33-31-29-26-12-10-8-6-4-2/h10,12,18-19,22-23,27-28,38-45,47,49-55H,3-9,11,13-17,20-21,24-26,29-37H2,1-2H3,(H,48,56)/b12-10-,19-18+,23-22+,28-27+. The predicted octanol–water partition coefficient (Wildman–Crippen LogP) is 7.39. The number of rotatable bonds is 37. The van der Waals surface area contributed by atoms with E-state index < -0.39 is 74.2 Å². The maximum absolute atomic E-state index is 13.0. The number of aliphatic hydroxyl groups is 7. The molecule has 0 aliphatic carbocycles. The largest absolute Gasteiger partial charge is 0.394 e. The van der Waals surface area contributed by atoms with Crippen LogP contribution in [0.1, 0.15) is 174 Å². The van der Waals surface area contributed by atoms with Crippen molar-refractivity contribution < 1.29 is 50.0 Å². The molecule has 8 N–H and O–H groups in total. The lowest BCUT2D eigenvalue weighted by atomic mass is 9.98. The van der Waals surface area contributed by atoms with Gasteiger partial charge in [-0.05, 0) is 83.5 Å². The molecule has 0 bridgehead atoms. The fraction of sp³-hybridized carbons (Fsp3) is 0.809. The molecule has 1 amide bonds. The van der Waals surface area contributed by atoms with Crippen LogP contribution in [0.4, 0.5) is 0 Å². The first-order valence-electron chi connectivity index (χ1n) is 23.0. The summed E-state index contributed by atoms with van der Waals surface area (Å²) in [5.74, 6) is -0.731. The van der Waals surface area contributed by atoms with Gasteiger partial charge in [0, 0.05) is 0 Å². The molecular formula is C47H85NO10. The lowest BCUT2D eigenvalue weighted by molar-refractivity contribution is -0.303. The Labute approximate surface area is 351 Å². The van der Waals surface area contributed by atoms with E-state index >= 15 is 0 Å². The molecule has 1 rings (SSSR count). The number of carbonyl (C=O) groups is 1. The third-order valence-electron chi connectivity index (χ3n) is 10.8. The molecule has 338 valence electrons. The minimum absolute atomic E-state index is 0.225. The summed E-state index contributed by atoms with van der Waals surface area (Å²) in [5.41, 5.74) is 0. The fourth-order valence-electron chi connectivity index (χ4n) is 6.92. The van der Waals surface area contributed by atoms with Crippen LogP contribution in [0.25, 0.3) is 0 Å². The molecule has 1 aliphatic heterocycles. The number of ether oxygens (including phenoxy) is 2. The van der Waals surface area contributed by atoms with Crippen LogP contribution in [-0.2, 0) is 14.3 Å². The second-order valence-electron chi connectivity index (χ2n) is 16.1. The minimum atomic E-state index is -1.67. The van der Waals surface area contributed by atoms with Crippen LogP contribution in [0.2, 0.25) is 0 Å². The van der Waals surface area contributed by atoms with Crippen LogP contribution < -0.4 is 5.32 Å². The number of hydrogen-bond donors (Lipinski definition) is 8. The lowest BCUT2D eigenvalue weighted by Crippen LogP contribution is -2.60. The van der Waals surface area contributed by atoms with Gasteiger partial charge < -0.3 is 50.5 Å². The Balaban J connectivity index is 2.46. The van der Waals surface area contributed by atoms with E-state index in [-0.39, 0.29) is 12.8 Å². The summed E-state index contributed by atoms with van der Waals surface area (Å²) in [7, 11) is 0. The first kappa shape index (κ1) is 54.1. The van der Waals surface area contributed by atoms with Gasteiger partial charge in [-0.3, -0.25) is 4.79 Å². The van der Waals surface area contributed by atoms with Crippen molar-refractivity contribution in [1.82, 2.24) is 5.32 Å². The predicted molar refractivity (Wildman–Crippen MR) is 233 cm³/mol. The minimum Gasteiger partial charge on any atom is -0.394 e. The zero-order valence-corrected chi connectivity index (χ0v) is 36.3. The Hall–Kier alpha value is -1.93. The van der Waals surface area contributed by atoms with Gasteiger partial charge >= 0.3 is 0 Å². The first-order chi connectivity index (χ1) is 28.2. The van der Waals surface area contributed by atoms with Crippen LogP contribution in [0.3, 0.4) is 0 Å². The highest BCUT2D eigenvalue weighted by atomic mass is 16.7. The third kappa shape index (κ3) is 26.3. The van der Waals surface area contributed by atoms with E-state index in [0.29, 0.717) is 19.3 Å². The summed E-state index contributed by atoms with van der Waals surface area (Å²) in [6.07, 6.45) is 31.9. The van der Waals surface area contributed by atoms with Crippen LogP contribution in [-0.4, -0.2) is 110 Å². The van der Waals surface area contributed by atoms with Gasteiger partial charge in [-0.1, -0.05) is 140 Å². The summed E-state index contributed by atoms with van der Waals surface area (Å²) < 4.78 is 11.0. The van der Waals surface area contributed by atoms with Gasteiger partial charge in [0.2, 0.25) is 5.91 Å². The van der Waals surface area contributed by atoms with E-state index in [1.54, 1.807) is 0 Å². The molecule has 0 spiro atoms. The summed E-state index contributed by atoms with van der Waals surface area (Å²) in [6.45, 7) is 3.33. The van der Waals surface area contributed by atoms with E-state index in [1.165, 1.54) is 70.6 Å². The van der Waals surface area contributed by atoms with Gasteiger partial charge in [0.05, 0.1) is 25.4 Å². The molecule has 1 saturated heterocycles. The molecular weight excluding hydrogens is 739 g/mol. The quantitative estimate of drug-likeness (QED) is 0.0232. The molecule has 9 atom stereocenters. The molecule has 58 heavy (non-hydrogen) atoms. The molecule has 9 unspecified atom stereocenters. The number of aliphatic hydroxyl groups excluding tert-OH is 7. The zero-order chi connectivity index (χ0) is 42.6. The molecule has 11 heteroatoms. The highest BCUT2D eigenvalue weighted by Gasteiger charge is 2.44. The Bertz CT molecular complexity index is 1080. The normalized spacial score (nSPS) is 22.4. The van der Waals surface area contributed by atoms with Crippen LogP contribution in [0, 0.1) is 0 Å². The van der Waals surface area contributed by atoms with Gasteiger partial charge in [-0.2, -0.15) is 0 Å².